The zero-order valence-electron chi connectivity index (χ0n) is 8.28. The van der Waals surface area contributed by atoms with Gasteiger partial charge in [0.1, 0.15) is 11.6 Å². The molecule has 0 saturated heterocycles. The molecule has 0 spiro atoms. The maximum absolute atomic E-state index is 12.9. The molecule has 0 bridgehead atoms. The average molecular weight is 258 g/mol. The molecule has 2 aromatic rings. The minimum atomic E-state index is -0.722. The van der Waals surface area contributed by atoms with E-state index in [1.54, 1.807) is 0 Å². The Balaban J connectivity index is 2.31. The van der Waals surface area contributed by atoms with Crippen LogP contribution in [0.4, 0.5) is 26.4 Å². The Hall–Kier alpha value is -2.02. The van der Waals surface area contributed by atoms with Crippen molar-refractivity contribution in [3.05, 3.63) is 35.1 Å². The Bertz CT molecular complexity index is 473. The normalized spacial score (nSPS) is 10.3. The van der Waals surface area contributed by atoms with Crippen LogP contribution in [0.15, 0.2) is 18.2 Å². The maximum Gasteiger partial charge on any atom is 0.233 e. The highest BCUT2D eigenvalue weighted by molar-refractivity contribution is 6.28. The maximum atomic E-state index is 12.9. The van der Waals surface area contributed by atoms with Crippen molar-refractivity contribution in [2.75, 3.05) is 11.1 Å². The Morgan fingerprint density at radius 3 is 2.29 bits per heavy atom. The summed E-state index contributed by atoms with van der Waals surface area (Å²) in [4.78, 5) is 10.9. The third-order valence-corrected chi connectivity index (χ3v) is 1.91. The molecule has 2 rings (SSSR count). The topological polar surface area (TPSA) is 76.7 Å². The first-order valence-corrected chi connectivity index (χ1v) is 4.81. The van der Waals surface area contributed by atoms with E-state index in [9.17, 15) is 8.78 Å². The molecule has 1 aromatic carbocycles. The molecule has 3 N–H and O–H groups in total. The highest BCUT2D eigenvalue weighted by Crippen LogP contribution is 2.17. The van der Waals surface area contributed by atoms with Gasteiger partial charge in [0.25, 0.3) is 0 Å². The predicted molar refractivity (Wildman–Crippen MR) is 58.9 cm³/mol. The summed E-state index contributed by atoms with van der Waals surface area (Å²) in [5.74, 6) is -1.53. The Labute approximate surface area is 99.7 Å². The van der Waals surface area contributed by atoms with Crippen LogP contribution in [-0.2, 0) is 0 Å². The fraction of sp³-hybridized carbons (Fsp3) is 0. The van der Waals surface area contributed by atoms with Gasteiger partial charge in [0.15, 0.2) is 0 Å². The summed E-state index contributed by atoms with van der Waals surface area (Å²) in [7, 11) is 0. The van der Waals surface area contributed by atoms with E-state index in [4.69, 9.17) is 17.3 Å². The molecule has 0 atom stereocenters. The van der Waals surface area contributed by atoms with Crippen molar-refractivity contribution in [3.8, 4) is 0 Å². The summed E-state index contributed by atoms with van der Waals surface area (Å²) >= 11 is 5.55. The molecule has 0 saturated carbocycles. The number of nitrogens with one attached hydrogen (secondary N) is 1. The first kappa shape index (κ1) is 11.5. The van der Waals surface area contributed by atoms with Crippen LogP contribution in [0.1, 0.15) is 0 Å². The summed E-state index contributed by atoms with van der Waals surface area (Å²) in [6.45, 7) is 0. The monoisotopic (exact) mass is 257 g/mol. The van der Waals surface area contributed by atoms with E-state index in [0.29, 0.717) is 0 Å². The Kier molecular flexibility index (Phi) is 3.01. The fourth-order valence-corrected chi connectivity index (χ4v) is 1.34. The van der Waals surface area contributed by atoms with E-state index >= 15 is 0 Å². The fourth-order valence-electron chi connectivity index (χ4n) is 1.18. The summed E-state index contributed by atoms with van der Waals surface area (Å²) in [6.07, 6.45) is 0. The molecule has 1 heterocycles. The third-order valence-electron chi connectivity index (χ3n) is 1.74. The van der Waals surface area contributed by atoms with Gasteiger partial charge in [-0.05, 0) is 23.7 Å². The lowest BCUT2D eigenvalue weighted by molar-refractivity contribution is 0.584. The number of hydrogen-bond acceptors (Lipinski definition) is 5. The minimum Gasteiger partial charge on any atom is -0.368 e. The smallest absolute Gasteiger partial charge is 0.233 e. The van der Waals surface area contributed by atoms with Gasteiger partial charge in [-0.2, -0.15) is 15.0 Å². The second kappa shape index (κ2) is 4.46. The zero-order valence-corrected chi connectivity index (χ0v) is 9.04. The van der Waals surface area contributed by atoms with Gasteiger partial charge >= 0.3 is 0 Å². The zero-order chi connectivity index (χ0) is 12.4. The van der Waals surface area contributed by atoms with Crippen molar-refractivity contribution in [2.45, 2.75) is 0 Å². The predicted octanol–water partition coefficient (Wildman–Crippen LogP) is 2.13. The molecule has 0 amide bonds. The number of halogens is 3. The summed E-state index contributed by atoms with van der Waals surface area (Å²) < 4.78 is 25.8. The van der Waals surface area contributed by atoms with E-state index in [1.165, 1.54) is 0 Å². The standard InChI is InChI=1S/C9H6ClF2N5/c10-7-15-8(13)17-9(16-7)14-6-2-4(11)1-5(12)3-6/h1-3H,(H3,13,14,15,16,17). The van der Waals surface area contributed by atoms with Crippen LogP contribution in [0.25, 0.3) is 0 Å². The van der Waals surface area contributed by atoms with Gasteiger partial charge in [-0.1, -0.05) is 0 Å². The first-order chi connectivity index (χ1) is 8.02. The highest BCUT2D eigenvalue weighted by atomic mass is 35.5. The van der Waals surface area contributed by atoms with Crippen LogP contribution in [0.5, 0.6) is 0 Å². The van der Waals surface area contributed by atoms with Gasteiger partial charge in [0.05, 0.1) is 0 Å². The van der Waals surface area contributed by atoms with Crippen LogP contribution in [0.3, 0.4) is 0 Å². The molecule has 0 aliphatic heterocycles. The lowest BCUT2D eigenvalue weighted by atomic mass is 10.3. The first-order valence-electron chi connectivity index (χ1n) is 4.43. The molecule has 0 radical (unpaired) electrons. The number of anilines is 3. The third kappa shape index (κ3) is 2.97. The second-order valence-corrected chi connectivity index (χ2v) is 3.41. The van der Waals surface area contributed by atoms with Crippen LogP contribution in [-0.4, -0.2) is 15.0 Å². The molecule has 8 heteroatoms. The number of nitrogens with two attached hydrogens (primary N) is 1. The number of aromatic nitrogens is 3. The molecule has 0 aliphatic rings. The molecule has 17 heavy (non-hydrogen) atoms. The lowest BCUT2D eigenvalue weighted by Crippen LogP contribution is -2.03. The van der Waals surface area contributed by atoms with Gasteiger partial charge in [0.2, 0.25) is 17.2 Å². The largest absolute Gasteiger partial charge is 0.368 e. The van der Waals surface area contributed by atoms with Crippen LogP contribution in [0.2, 0.25) is 5.28 Å². The average Bonchev–Trinajstić information content (AvgIpc) is 2.13. The van der Waals surface area contributed by atoms with E-state index in [2.05, 4.69) is 20.3 Å². The highest BCUT2D eigenvalue weighted by Gasteiger charge is 2.05. The molecule has 0 aliphatic carbocycles. The van der Waals surface area contributed by atoms with E-state index in [-0.39, 0.29) is 22.9 Å². The van der Waals surface area contributed by atoms with Crippen molar-refractivity contribution in [1.82, 2.24) is 15.0 Å². The second-order valence-electron chi connectivity index (χ2n) is 3.07. The Morgan fingerprint density at radius 1 is 1.06 bits per heavy atom. The van der Waals surface area contributed by atoms with Gasteiger partial charge in [-0.3, -0.25) is 0 Å². The van der Waals surface area contributed by atoms with Crippen molar-refractivity contribution in [1.29, 1.82) is 0 Å². The molecular formula is C9H6ClF2N5. The van der Waals surface area contributed by atoms with Gasteiger partial charge in [0, 0.05) is 11.8 Å². The number of nitrogens with zero attached hydrogens (tertiary/aromatic N) is 3. The number of hydrogen-bond donors (Lipinski definition) is 2. The van der Waals surface area contributed by atoms with Gasteiger partial charge in [-0.25, -0.2) is 8.78 Å². The van der Waals surface area contributed by atoms with E-state index in [1.807, 2.05) is 0 Å². The molecule has 1 aromatic heterocycles. The van der Waals surface area contributed by atoms with Crippen LogP contribution >= 0.6 is 11.6 Å². The van der Waals surface area contributed by atoms with Gasteiger partial charge in [-0.15, -0.1) is 0 Å². The Morgan fingerprint density at radius 2 is 1.71 bits per heavy atom. The van der Waals surface area contributed by atoms with E-state index < -0.39 is 11.6 Å². The van der Waals surface area contributed by atoms with Gasteiger partial charge < -0.3 is 11.1 Å². The van der Waals surface area contributed by atoms with E-state index in [0.717, 1.165) is 18.2 Å². The molecule has 5 nitrogen and oxygen atoms in total. The number of nitrogen functional groups attached to an aromatic ring is 1. The molecule has 88 valence electrons. The lowest BCUT2D eigenvalue weighted by Gasteiger charge is -2.05. The van der Waals surface area contributed by atoms with Crippen LogP contribution < -0.4 is 11.1 Å². The number of rotatable bonds is 2. The van der Waals surface area contributed by atoms with Crippen LogP contribution in [0, 0.1) is 11.6 Å². The SMILES string of the molecule is Nc1nc(Cl)nc(Nc2cc(F)cc(F)c2)n1. The molecule has 0 fully saturated rings. The van der Waals surface area contributed by atoms with Crippen molar-refractivity contribution in [3.63, 3.8) is 0 Å². The summed E-state index contributed by atoms with van der Waals surface area (Å²) in [6, 6.07) is 2.91. The summed E-state index contributed by atoms with van der Waals surface area (Å²) in [5, 5.41) is 2.45. The minimum absolute atomic E-state index is 0.00694. The summed E-state index contributed by atoms with van der Waals surface area (Å²) in [5.41, 5.74) is 5.48. The van der Waals surface area contributed by atoms with Crippen molar-refractivity contribution < 1.29 is 8.78 Å². The van der Waals surface area contributed by atoms with Crippen molar-refractivity contribution >= 4 is 29.2 Å². The van der Waals surface area contributed by atoms with Crippen molar-refractivity contribution in [2.24, 2.45) is 0 Å². The number of benzene rings is 1. The molecule has 0 unspecified atom stereocenters. The quantitative estimate of drug-likeness (QED) is 0.862. The molecular weight excluding hydrogens is 252 g/mol.